The van der Waals surface area contributed by atoms with Crippen molar-refractivity contribution in [3.63, 3.8) is 0 Å². The number of benzene rings is 1. The van der Waals surface area contributed by atoms with Crippen LogP contribution in [0.15, 0.2) is 24.3 Å². The van der Waals surface area contributed by atoms with Crippen molar-refractivity contribution in [2.24, 2.45) is 0 Å². The van der Waals surface area contributed by atoms with Gasteiger partial charge in [0.05, 0.1) is 20.3 Å². The van der Waals surface area contributed by atoms with E-state index in [4.69, 9.17) is 9.57 Å². The van der Waals surface area contributed by atoms with Gasteiger partial charge >= 0.3 is 0 Å². The molecule has 6 heteroatoms. The first-order valence-corrected chi connectivity index (χ1v) is 8.13. The van der Waals surface area contributed by atoms with E-state index in [0.717, 1.165) is 30.7 Å². The summed E-state index contributed by atoms with van der Waals surface area (Å²) >= 11 is 0. The number of nitrogens with zero attached hydrogens (tertiary/aromatic N) is 2. The van der Waals surface area contributed by atoms with Crippen LogP contribution in [0.1, 0.15) is 24.8 Å². The number of likely N-dealkylation sites (tertiary alicyclic amines) is 1. The van der Waals surface area contributed by atoms with E-state index in [1.807, 2.05) is 24.3 Å². The molecular formula is C17H24N2O4. The topological polar surface area (TPSA) is 62.2 Å². The van der Waals surface area contributed by atoms with E-state index < -0.39 is 5.60 Å². The van der Waals surface area contributed by atoms with Crippen molar-refractivity contribution >= 4 is 5.91 Å². The molecule has 2 saturated heterocycles. The Labute approximate surface area is 136 Å². The van der Waals surface area contributed by atoms with Gasteiger partial charge < -0.3 is 14.7 Å². The van der Waals surface area contributed by atoms with Gasteiger partial charge in [0.15, 0.2) is 5.60 Å². The summed E-state index contributed by atoms with van der Waals surface area (Å²) in [6.07, 6.45) is 2.22. The van der Waals surface area contributed by atoms with Crippen LogP contribution in [-0.4, -0.2) is 59.9 Å². The van der Waals surface area contributed by atoms with Crippen LogP contribution in [0.4, 0.5) is 0 Å². The Bertz CT molecular complexity index is 559. The van der Waals surface area contributed by atoms with Crippen LogP contribution in [0.3, 0.4) is 0 Å². The third kappa shape index (κ3) is 3.65. The fourth-order valence-electron chi connectivity index (χ4n) is 3.27. The summed E-state index contributed by atoms with van der Waals surface area (Å²) in [7, 11) is 1.62. The molecule has 2 aliphatic rings. The minimum absolute atomic E-state index is 0.206. The van der Waals surface area contributed by atoms with E-state index in [0.29, 0.717) is 26.1 Å². The summed E-state index contributed by atoms with van der Waals surface area (Å²) in [6, 6.07) is 7.67. The van der Waals surface area contributed by atoms with Gasteiger partial charge in [0.2, 0.25) is 0 Å². The van der Waals surface area contributed by atoms with Gasteiger partial charge in [0.1, 0.15) is 5.75 Å². The Hall–Kier alpha value is -1.63. The average Bonchev–Trinajstić information content (AvgIpc) is 3.05. The molecule has 0 unspecified atom stereocenters. The van der Waals surface area contributed by atoms with Gasteiger partial charge in [-0.05, 0) is 37.0 Å². The molecule has 2 fully saturated rings. The first kappa shape index (κ1) is 16.2. The van der Waals surface area contributed by atoms with Gasteiger partial charge in [0, 0.05) is 19.6 Å². The van der Waals surface area contributed by atoms with Crippen LogP contribution < -0.4 is 4.74 Å². The number of carbonyl (C=O) groups is 1. The van der Waals surface area contributed by atoms with Crippen molar-refractivity contribution in [1.82, 2.24) is 9.96 Å². The molecule has 1 N–H and O–H groups in total. The lowest BCUT2D eigenvalue weighted by molar-refractivity contribution is -0.182. The normalized spacial score (nSPS) is 25.8. The highest BCUT2D eigenvalue weighted by atomic mass is 16.7. The zero-order valence-corrected chi connectivity index (χ0v) is 13.5. The van der Waals surface area contributed by atoms with Gasteiger partial charge in [-0.2, -0.15) is 5.06 Å². The number of hydroxylamine groups is 2. The molecule has 1 amide bonds. The molecular weight excluding hydrogens is 296 g/mol. The molecule has 1 aromatic carbocycles. The summed E-state index contributed by atoms with van der Waals surface area (Å²) in [5, 5.41) is 12.5. The largest absolute Gasteiger partial charge is 0.497 e. The highest BCUT2D eigenvalue weighted by Crippen LogP contribution is 2.27. The molecule has 6 nitrogen and oxygen atoms in total. The Morgan fingerprint density at radius 1 is 1.35 bits per heavy atom. The fourth-order valence-corrected chi connectivity index (χ4v) is 3.27. The molecule has 3 rings (SSSR count). The lowest BCUT2D eigenvalue weighted by Gasteiger charge is -2.39. The second-order valence-electron chi connectivity index (χ2n) is 6.26. The van der Waals surface area contributed by atoms with Crippen LogP contribution in [0.5, 0.6) is 5.75 Å². The molecule has 0 bridgehead atoms. The quantitative estimate of drug-likeness (QED) is 0.883. The number of carbonyl (C=O) groups excluding carboxylic acids is 1. The summed E-state index contributed by atoms with van der Waals surface area (Å²) in [4.78, 5) is 19.9. The molecule has 23 heavy (non-hydrogen) atoms. The molecule has 2 heterocycles. The van der Waals surface area contributed by atoms with E-state index in [1.165, 1.54) is 0 Å². The Morgan fingerprint density at radius 2 is 2.22 bits per heavy atom. The summed E-state index contributed by atoms with van der Waals surface area (Å²) in [5.74, 6) is 0.565. The second-order valence-corrected chi connectivity index (χ2v) is 6.26. The zero-order chi connectivity index (χ0) is 16.3. The minimum Gasteiger partial charge on any atom is -0.497 e. The molecule has 126 valence electrons. The van der Waals surface area contributed by atoms with Crippen molar-refractivity contribution in [3.8, 4) is 5.75 Å². The van der Waals surface area contributed by atoms with Crippen LogP contribution >= 0.6 is 0 Å². The molecule has 0 aliphatic carbocycles. The van der Waals surface area contributed by atoms with E-state index in [1.54, 1.807) is 17.1 Å². The zero-order valence-electron chi connectivity index (χ0n) is 13.5. The first-order chi connectivity index (χ1) is 11.1. The maximum atomic E-state index is 12.8. The van der Waals surface area contributed by atoms with E-state index in [-0.39, 0.29) is 12.5 Å². The number of methoxy groups -OCH3 is 1. The molecule has 0 spiro atoms. The maximum Gasteiger partial charge on any atom is 0.256 e. The number of rotatable bonds is 5. The lowest BCUT2D eigenvalue weighted by atomic mass is 9.91. The predicted octanol–water partition coefficient (Wildman–Crippen LogP) is 1.19. The third-order valence-corrected chi connectivity index (χ3v) is 4.47. The van der Waals surface area contributed by atoms with Gasteiger partial charge in [-0.25, -0.2) is 0 Å². The lowest BCUT2D eigenvalue weighted by Crippen LogP contribution is -2.57. The summed E-state index contributed by atoms with van der Waals surface area (Å²) in [6.45, 7) is 2.84. The van der Waals surface area contributed by atoms with Crippen LogP contribution in [0, 0.1) is 0 Å². The smallest absolute Gasteiger partial charge is 0.256 e. The molecule has 0 radical (unpaired) electrons. The second kappa shape index (κ2) is 6.86. The molecule has 1 atom stereocenters. The van der Waals surface area contributed by atoms with Crippen LogP contribution in [-0.2, 0) is 16.2 Å². The number of aliphatic hydroxyl groups is 1. The minimum atomic E-state index is -1.35. The SMILES string of the molecule is COc1cccc(CN2CCC[C@@](O)(CN3CCCO3)C2=O)c1. The predicted molar refractivity (Wildman–Crippen MR) is 84.7 cm³/mol. The van der Waals surface area contributed by atoms with Gasteiger partial charge in [-0.1, -0.05) is 12.1 Å². The Kier molecular flexibility index (Phi) is 4.84. The van der Waals surface area contributed by atoms with Gasteiger partial charge in [-0.3, -0.25) is 9.63 Å². The number of β-amino-alcohol motifs (C(OH)–C–C–N with tert-alkyl or cyclic N) is 1. The number of hydrogen-bond donors (Lipinski definition) is 1. The number of amides is 1. The van der Waals surface area contributed by atoms with Crippen molar-refractivity contribution < 1.29 is 19.5 Å². The van der Waals surface area contributed by atoms with Crippen molar-refractivity contribution in [2.75, 3.05) is 33.4 Å². The summed E-state index contributed by atoms with van der Waals surface area (Å²) in [5.41, 5.74) is -0.346. The Balaban J connectivity index is 1.68. The first-order valence-electron chi connectivity index (χ1n) is 8.13. The highest BCUT2D eigenvalue weighted by molar-refractivity contribution is 5.86. The van der Waals surface area contributed by atoms with E-state index in [2.05, 4.69) is 0 Å². The molecule has 0 saturated carbocycles. The van der Waals surface area contributed by atoms with Gasteiger partial charge in [-0.15, -0.1) is 0 Å². The number of piperidine rings is 1. The monoisotopic (exact) mass is 320 g/mol. The standard InChI is InChI=1S/C17H24N2O4/c1-22-15-6-2-5-14(11-15)12-18-8-3-7-17(21,16(18)20)13-19-9-4-10-23-19/h2,5-6,11,21H,3-4,7-10,12-13H2,1H3/t17-/m1/s1. The van der Waals surface area contributed by atoms with E-state index in [9.17, 15) is 9.90 Å². The third-order valence-electron chi connectivity index (χ3n) is 4.47. The maximum absolute atomic E-state index is 12.8. The number of hydrogen-bond acceptors (Lipinski definition) is 5. The average molecular weight is 320 g/mol. The van der Waals surface area contributed by atoms with Crippen molar-refractivity contribution in [3.05, 3.63) is 29.8 Å². The molecule has 0 aromatic heterocycles. The summed E-state index contributed by atoms with van der Waals surface area (Å²) < 4.78 is 5.22. The molecule has 1 aromatic rings. The Morgan fingerprint density at radius 3 is 2.96 bits per heavy atom. The van der Waals surface area contributed by atoms with Crippen LogP contribution in [0.25, 0.3) is 0 Å². The fraction of sp³-hybridized carbons (Fsp3) is 0.588. The van der Waals surface area contributed by atoms with Crippen molar-refractivity contribution in [1.29, 1.82) is 0 Å². The number of ether oxygens (including phenoxy) is 1. The highest BCUT2D eigenvalue weighted by Gasteiger charge is 2.44. The van der Waals surface area contributed by atoms with Crippen LogP contribution in [0.2, 0.25) is 0 Å². The molecule has 2 aliphatic heterocycles. The van der Waals surface area contributed by atoms with E-state index >= 15 is 0 Å². The van der Waals surface area contributed by atoms with Crippen molar-refractivity contribution in [2.45, 2.75) is 31.4 Å². The van der Waals surface area contributed by atoms with Gasteiger partial charge in [0.25, 0.3) is 5.91 Å².